The largest absolute Gasteiger partial charge is 0.468 e. The number of methoxy groups -OCH3 is 1. The molecule has 0 heterocycles. The molecule has 3 nitrogen and oxygen atoms in total. The molecule has 2 rings (SSSR count). The average Bonchev–Trinajstić information content (AvgIpc) is 2.68. The highest BCUT2D eigenvalue weighted by Crippen LogP contribution is 2.45. The number of unbranched alkanes of at least 4 members (excludes halogenated alkanes) is 1. The molecule has 0 amide bonds. The molecule has 4 heteroatoms. The van der Waals surface area contributed by atoms with Gasteiger partial charge in [0.15, 0.2) is 12.6 Å². The van der Waals surface area contributed by atoms with Crippen LogP contribution in [0.3, 0.4) is 0 Å². The first-order valence-corrected chi connectivity index (χ1v) is 7.01. The number of carbonyl (C=O) groups excluding carboxylic acids is 1. The van der Waals surface area contributed by atoms with Crippen LogP contribution in [0, 0.1) is 0 Å². The lowest BCUT2D eigenvalue weighted by atomic mass is 9.63. The molecule has 1 aliphatic rings. The van der Waals surface area contributed by atoms with Crippen molar-refractivity contribution < 1.29 is 14.3 Å². The predicted molar refractivity (Wildman–Crippen MR) is 82.3 cm³/mol. The van der Waals surface area contributed by atoms with Crippen LogP contribution in [-0.2, 0) is 11.2 Å². The van der Waals surface area contributed by atoms with Crippen LogP contribution in [0.15, 0.2) is 30.9 Å². The van der Waals surface area contributed by atoms with E-state index in [9.17, 15) is 4.79 Å². The topological polar surface area (TPSA) is 35.5 Å². The Hall–Kier alpha value is -1.55. The lowest BCUT2D eigenvalue weighted by Gasteiger charge is -2.21. The van der Waals surface area contributed by atoms with Crippen molar-refractivity contribution in [1.29, 1.82) is 0 Å². The molecular weight excluding hydrogens is 251 g/mol. The summed E-state index contributed by atoms with van der Waals surface area (Å²) in [5.74, 6) is 1.02. The molecule has 0 radical (unpaired) electrons. The number of allylic oxidation sites excluding steroid dienone is 1. The zero-order valence-corrected chi connectivity index (χ0v) is 12.3. The van der Waals surface area contributed by atoms with Crippen LogP contribution in [0.5, 0.6) is 5.75 Å². The highest BCUT2D eigenvalue weighted by Gasteiger charge is 2.40. The summed E-state index contributed by atoms with van der Waals surface area (Å²) in [6, 6.07) is 5.68. The molecule has 1 unspecified atom stereocenters. The maximum absolute atomic E-state index is 12.5. The molecule has 0 bridgehead atoms. The van der Waals surface area contributed by atoms with Crippen LogP contribution >= 0.6 is 0 Å². The molecule has 0 saturated heterocycles. The summed E-state index contributed by atoms with van der Waals surface area (Å²) in [6.45, 7) is 3.96. The fourth-order valence-corrected chi connectivity index (χ4v) is 2.82. The third-order valence-electron chi connectivity index (χ3n) is 3.93. The summed E-state index contributed by atoms with van der Waals surface area (Å²) in [6.07, 6.45) is 5.57. The minimum Gasteiger partial charge on any atom is -0.468 e. The van der Waals surface area contributed by atoms with Gasteiger partial charge in [-0.3, -0.25) is 4.79 Å². The molecule has 0 N–H and O–H groups in total. The van der Waals surface area contributed by atoms with Crippen LogP contribution in [0.2, 0.25) is 5.31 Å². The van der Waals surface area contributed by atoms with Gasteiger partial charge in [0.1, 0.15) is 13.6 Å². The van der Waals surface area contributed by atoms with Gasteiger partial charge >= 0.3 is 0 Å². The van der Waals surface area contributed by atoms with Crippen molar-refractivity contribution in [2.75, 3.05) is 13.9 Å². The third-order valence-corrected chi connectivity index (χ3v) is 3.93. The van der Waals surface area contributed by atoms with E-state index in [4.69, 9.17) is 9.47 Å². The minimum absolute atomic E-state index is 0.226. The van der Waals surface area contributed by atoms with Crippen molar-refractivity contribution in [3.05, 3.63) is 42.0 Å². The Labute approximate surface area is 121 Å². The minimum atomic E-state index is -0.273. The summed E-state index contributed by atoms with van der Waals surface area (Å²) < 4.78 is 10.3. The second-order valence-corrected chi connectivity index (χ2v) is 5.62. The fraction of sp³-hybridized carbons (Fsp3) is 0.438. The van der Waals surface area contributed by atoms with Crippen LogP contribution in [-0.4, -0.2) is 27.5 Å². The Morgan fingerprint density at radius 2 is 2.30 bits per heavy atom. The Bertz CT molecular complexity index is 512. The zero-order valence-electron chi connectivity index (χ0n) is 12.3. The van der Waals surface area contributed by atoms with Gasteiger partial charge < -0.3 is 9.47 Å². The maximum atomic E-state index is 12.5. The van der Waals surface area contributed by atoms with Crippen molar-refractivity contribution in [2.45, 2.75) is 31.0 Å². The molecule has 0 aromatic heterocycles. The number of carbonyl (C=O) groups is 1. The van der Waals surface area contributed by atoms with E-state index >= 15 is 0 Å². The standard InChI is InChI=1S/C16H21BO3/c1-3-4-5-8-16(17)10-12-9-13(20-11-19-2)6-7-14(12)15(16)18/h3,6-7,9H,1,4-5,8,10-11,17H2,2H3. The van der Waals surface area contributed by atoms with E-state index in [0.29, 0.717) is 0 Å². The molecule has 1 atom stereocenters. The number of ether oxygens (including phenoxy) is 2. The monoisotopic (exact) mass is 272 g/mol. The van der Waals surface area contributed by atoms with Gasteiger partial charge in [0, 0.05) is 18.0 Å². The molecular formula is C16H21BO3. The highest BCUT2D eigenvalue weighted by atomic mass is 16.7. The Balaban J connectivity index is 2.13. The highest BCUT2D eigenvalue weighted by molar-refractivity contribution is 6.34. The van der Waals surface area contributed by atoms with E-state index in [2.05, 4.69) is 14.4 Å². The van der Waals surface area contributed by atoms with Crippen molar-refractivity contribution in [3.8, 4) is 5.75 Å². The quantitative estimate of drug-likeness (QED) is 0.331. The van der Waals surface area contributed by atoms with E-state index in [1.807, 2.05) is 24.3 Å². The van der Waals surface area contributed by atoms with Crippen molar-refractivity contribution >= 4 is 13.6 Å². The van der Waals surface area contributed by atoms with Gasteiger partial charge in [0.05, 0.1) is 0 Å². The van der Waals surface area contributed by atoms with E-state index in [1.165, 1.54) is 0 Å². The van der Waals surface area contributed by atoms with Gasteiger partial charge in [0.25, 0.3) is 0 Å². The number of fused-ring (bicyclic) bond motifs is 1. The summed E-state index contributed by atoms with van der Waals surface area (Å²) in [5, 5.41) is -0.273. The molecule has 106 valence electrons. The normalized spacial score (nSPS) is 20.8. The summed E-state index contributed by atoms with van der Waals surface area (Å²) in [4.78, 5) is 12.5. The second kappa shape index (κ2) is 6.27. The fourth-order valence-electron chi connectivity index (χ4n) is 2.82. The lowest BCUT2D eigenvalue weighted by molar-refractivity contribution is 0.0511. The SMILES string of the molecule is BC1(CCCC=C)Cc2cc(OCOC)ccc2C1=O. The smallest absolute Gasteiger partial charge is 0.188 e. The number of ketones is 1. The first-order chi connectivity index (χ1) is 9.60. The average molecular weight is 272 g/mol. The molecule has 20 heavy (non-hydrogen) atoms. The molecule has 0 aliphatic heterocycles. The molecule has 0 spiro atoms. The van der Waals surface area contributed by atoms with Crippen LogP contribution < -0.4 is 4.74 Å². The summed E-state index contributed by atoms with van der Waals surface area (Å²) >= 11 is 0. The van der Waals surface area contributed by atoms with E-state index in [-0.39, 0.29) is 17.9 Å². The van der Waals surface area contributed by atoms with Gasteiger partial charge in [-0.25, -0.2) is 0 Å². The predicted octanol–water partition coefficient (Wildman–Crippen LogP) is 2.56. The maximum Gasteiger partial charge on any atom is 0.188 e. The molecule has 1 aromatic carbocycles. The Morgan fingerprint density at radius 3 is 3.00 bits per heavy atom. The lowest BCUT2D eigenvalue weighted by Crippen LogP contribution is -2.20. The Kier molecular flexibility index (Phi) is 4.66. The van der Waals surface area contributed by atoms with Crippen molar-refractivity contribution in [1.82, 2.24) is 0 Å². The number of hydrogen-bond donors (Lipinski definition) is 0. The van der Waals surface area contributed by atoms with E-state index in [1.54, 1.807) is 7.11 Å². The van der Waals surface area contributed by atoms with Gasteiger partial charge in [0.2, 0.25) is 0 Å². The Morgan fingerprint density at radius 1 is 1.50 bits per heavy atom. The molecule has 1 aliphatic carbocycles. The molecule has 1 aromatic rings. The zero-order chi connectivity index (χ0) is 14.6. The molecule has 0 saturated carbocycles. The summed E-state index contributed by atoms with van der Waals surface area (Å²) in [7, 11) is 3.65. The molecule has 0 fully saturated rings. The van der Waals surface area contributed by atoms with Gasteiger partial charge in [-0.1, -0.05) is 6.08 Å². The van der Waals surface area contributed by atoms with Crippen LogP contribution in [0.4, 0.5) is 0 Å². The second-order valence-electron chi connectivity index (χ2n) is 5.62. The van der Waals surface area contributed by atoms with Gasteiger partial charge in [-0.15, -0.1) is 6.58 Å². The van der Waals surface area contributed by atoms with E-state index < -0.39 is 0 Å². The first-order valence-electron chi connectivity index (χ1n) is 7.01. The third kappa shape index (κ3) is 2.96. The van der Waals surface area contributed by atoms with Gasteiger partial charge in [-0.05, 0) is 49.4 Å². The first kappa shape index (κ1) is 14.9. The number of Topliss-reactive ketones (excluding diaryl/α,β-unsaturated/α-hetero) is 1. The van der Waals surface area contributed by atoms with Crippen LogP contribution in [0.25, 0.3) is 0 Å². The van der Waals surface area contributed by atoms with E-state index in [0.717, 1.165) is 42.6 Å². The van der Waals surface area contributed by atoms with Gasteiger partial charge in [-0.2, -0.15) is 0 Å². The number of benzene rings is 1. The number of hydrogen-bond acceptors (Lipinski definition) is 3. The van der Waals surface area contributed by atoms with Crippen LogP contribution in [0.1, 0.15) is 35.2 Å². The summed E-state index contributed by atoms with van der Waals surface area (Å²) in [5.41, 5.74) is 1.93. The van der Waals surface area contributed by atoms with Crippen molar-refractivity contribution in [2.24, 2.45) is 0 Å². The van der Waals surface area contributed by atoms with Crippen molar-refractivity contribution in [3.63, 3.8) is 0 Å². The number of rotatable bonds is 7.